The molecule has 4 rings (SSSR count). The molecule has 22 heavy (non-hydrogen) atoms. The van der Waals surface area contributed by atoms with Gasteiger partial charge in [0.05, 0.1) is 0 Å². The first-order chi connectivity index (χ1) is 10.8. The topological polar surface area (TPSA) is 42.6 Å². The molecule has 0 saturated carbocycles. The summed E-state index contributed by atoms with van der Waals surface area (Å²) in [7, 11) is 0. The molecule has 4 fully saturated rings. The standard InChI is InChI=1S/C17H33N5/c1-4-19-11-16(15(1)12-21-9-6-18-7-10-21)22-8-3-17(14-22)2-5-20-13-17/h15-16,18-20H,1-14H2. The van der Waals surface area contributed by atoms with Crippen molar-refractivity contribution in [1.29, 1.82) is 0 Å². The molecule has 0 bridgehead atoms. The molecule has 3 N–H and O–H groups in total. The Balaban J connectivity index is 1.38. The molecule has 126 valence electrons. The van der Waals surface area contributed by atoms with Crippen molar-refractivity contribution in [3.63, 3.8) is 0 Å². The van der Waals surface area contributed by atoms with Gasteiger partial charge in [-0.15, -0.1) is 0 Å². The minimum absolute atomic E-state index is 0.608. The van der Waals surface area contributed by atoms with Crippen LogP contribution in [0.25, 0.3) is 0 Å². The maximum absolute atomic E-state index is 3.67. The van der Waals surface area contributed by atoms with E-state index in [1.54, 1.807) is 0 Å². The van der Waals surface area contributed by atoms with Crippen molar-refractivity contribution in [2.24, 2.45) is 11.3 Å². The van der Waals surface area contributed by atoms with Crippen molar-refractivity contribution in [2.45, 2.75) is 25.3 Å². The third-order valence-electron chi connectivity index (χ3n) is 6.56. The highest BCUT2D eigenvalue weighted by atomic mass is 15.2. The molecule has 1 spiro atoms. The Labute approximate surface area is 135 Å². The number of hydrogen-bond acceptors (Lipinski definition) is 5. The lowest BCUT2D eigenvalue weighted by Crippen LogP contribution is -2.55. The Morgan fingerprint density at radius 2 is 1.82 bits per heavy atom. The summed E-state index contributed by atoms with van der Waals surface area (Å²) in [6.45, 7) is 13.7. The maximum Gasteiger partial charge on any atom is 0.0261 e. The minimum atomic E-state index is 0.608. The number of hydrogen-bond donors (Lipinski definition) is 3. The monoisotopic (exact) mass is 307 g/mol. The van der Waals surface area contributed by atoms with E-state index in [4.69, 9.17) is 0 Å². The van der Waals surface area contributed by atoms with Crippen LogP contribution in [-0.4, -0.2) is 87.8 Å². The predicted molar refractivity (Wildman–Crippen MR) is 90.2 cm³/mol. The molecule has 4 aliphatic rings. The van der Waals surface area contributed by atoms with Crippen molar-refractivity contribution in [2.75, 3.05) is 72.0 Å². The lowest BCUT2D eigenvalue weighted by atomic mass is 9.86. The van der Waals surface area contributed by atoms with Gasteiger partial charge in [-0.2, -0.15) is 0 Å². The molecule has 5 nitrogen and oxygen atoms in total. The van der Waals surface area contributed by atoms with Gasteiger partial charge < -0.3 is 20.9 Å². The van der Waals surface area contributed by atoms with E-state index in [0.717, 1.165) is 12.0 Å². The fourth-order valence-corrected chi connectivity index (χ4v) is 5.16. The van der Waals surface area contributed by atoms with Gasteiger partial charge in [-0.1, -0.05) is 0 Å². The predicted octanol–water partition coefficient (Wildman–Crippen LogP) is -0.445. The van der Waals surface area contributed by atoms with Crippen LogP contribution in [0.3, 0.4) is 0 Å². The van der Waals surface area contributed by atoms with Gasteiger partial charge in [-0.05, 0) is 50.2 Å². The zero-order valence-electron chi connectivity index (χ0n) is 13.9. The van der Waals surface area contributed by atoms with Crippen LogP contribution in [0.5, 0.6) is 0 Å². The van der Waals surface area contributed by atoms with E-state index in [2.05, 4.69) is 25.8 Å². The van der Waals surface area contributed by atoms with Crippen LogP contribution in [0.4, 0.5) is 0 Å². The Hall–Kier alpha value is -0.200. The molecule has 4 heterocycles. The summed E-state index contributed by atoms with van der Waals surface area (Å²) in [5.41, 5.74) is 0.608. The van der Waals surface area contributed by atoms with Gasteiger partial charge in [0.2, 0.25) is 0 Å². The molecule has 3 atom stereocenters. The first-order valence-corrected chi connectivity index (χ1v) is 9.43. The first-order valence-electron chi connectivity index (χ1n) is 9.43. The van der Waals surface area contributed by atoms with E-state index in [9.17, 15) is 0 Å². The van der Waals surface area contributed by atoms with Gasteiger partial charge in [0.1, 0.15) is 0 Å². The number of nitrogens with one attached hydrogen (secondary N) is 3. The summed E-state index contributed by atoms with van der Waals surface area (Å²) in [6.07, 6.45) is 4.17. The quantitative estimate of drug-likeness (QED) is 0.659. The average Bonchev–Trinajstić information content (AvgIpc) is 3.19. The van der Waals surface area contributed by atoms with E-state index in [1.165, 1.54) is 91.3 Å². The summed E-state index contributed by atoms with van der Waals surface area (Å²) < 4.78 is 0. The molecule has 0 radical (unpaired) electrons. The summed E-state index contributed by atoms with van der Waals surface area (Å²) in [6, 6.07) is 0.767. The molecule has 3 unspecified atom stereocenters. The third kappa shape index (κ3) is 3.20. The highest BCUT2D eigenvalue weighted by Gasteiger charge is 2.44. The molecule has 0 aliphatic carbocycles. The summed E-state index contributed by atoms with van der Waals surface area (Å²) in [4.78, 5) is 5.54. The minimum Gasteiger partial charge on any atom is -0.316 e. The van der Waals surface area contributed by atoms with Crippen molar-refractivity contribution in [3.05, 3.63) is 0 Å². The van der Waals surface area contributed by atoms with E-state index >= 15 is 0 Å². The van der Waals surface area contributed by atoms with Crippen molar-refractivity contribution in [3.8, 4) is 0 Å². The number of piperidine rings is 1. The number of likely N-dealkylation sites (tertiary alicyclic amines) is 1. The van der Waals surface area contributed by atoms with Crippen LogP contribution in [0.15, 0.2) is 0 Å². The Morgan fingerprint density at radius 3 is 2.64 bits per heavy atom. The van der Waals surface area contributed by atoms with E-state index in [0.29, 0.717) is 5.41 Å². The molecule has 5 heteroatoms. The van der Waals surface area contributed by atoms with E-state index in [1.807, 2.05) is 0 Å². The molecule has 0 amide bonds. The van der Waals surface area contributed by atoms with Gasteiger partial charge in [-0.25, -0.2) is 0 Å². The fraction of sp³-hybridized carbons (Fsp3) is 1.00. The summed E-state index contributed by atoms with van der Waals surface area (Å²) in [5.74, 6) is 0.865. The summed E-state index contributed by atoms with van der Waals surface area (Å²) >= 11 is 0. The lowest BCUT2D eigenvalue weighted by Gasteiger charge is -2.42. The zero-order valence-corrected chi connectivity index (χ0v) is 13.9. The second-order valence-electron chi connectivity index (χ2n) is 8.02. The molecule has 0 aromatic rings. The van der Waals surface area contributed by atoms with Crippen LogP contribution in [0.1, 0.15) is 19.3 Å². The van der Waals surface area contributed by atoms with Crippen LogP contribution in [0.2, 0.25) is 0 Å². The van der Waals surface area contributed by atoms with Crippen molar-refractivity contribution in [1.82, 2.24) is 25.8 Å². The highest BCUT2D eigenvalue weighted by Crippen LogP contribution is 2.38. The number of piperazine rings is 1. The zero-order chi connectivity index (χ0) is 14.8. The summed E-state index contributed by atoms with van der Waals surface area (Å²) in [5, 5.41) is 10.7. The van der Waals surface area contributed by atoms with Gasteiger partial charge in [0.15, 0.2) is 0 Å². The lowest BCUT2D eigenvalue weighted by molar-refractivity contribution is 0.0902. The second kappa shape index (κ2) is 6.73. The van der Waals surface area contributed by atoms with Crippen LogP contribution < -0.4 is 16.0 Å². The Bertz CT molecular complexity index is 362. The van der Waals surface area contributed by atoms with Crippen molar-refractivity contribution < 1.29 is 0 Å². The largest absolute Gasteiger partial charge is 0.316 e. The van der Waals surface area contributed by atoms with Gasteiger partial charge in [0, 0.05) is 58.4 Å². The smallest absolute Gasteiger partial charge is 0.0261 e. The molecule has 0 aromatic carbocycles. The van der Waals surface area contributed by atoms with Crippen LogP contribution in [0, 0.1) is 11.3 Å². The SMILES string of the molecule is C1CN(CC2CCNCC2N2CCC3(CCNC3)C2)CCN1. The third-order valence-corrected chi connectivity index (χ3v) is 6.56. The Kier molecular flexibility index (Phi) is 4.69. The molecular weight excluding hydrogens is 274 g/mol. The van der Waals surface area contributed by atoms with E-state index < -0.39 is 0 Å². The van der Waals surface area contributed by atoms with Crippen LogP contribution >= 0.6 is 0 Å². The normalized spacial score (nSPS) is 41.5. The van der Waals surface area contributed by atoms with Gasteiger partial charge >= 0.3 is 0 Å². The second-order valence-corrected chi connectivity index (χ2v) is 8.02. The maximum atomic E-state index is 3.67. The fourth-order valence-electron chi connectivity index (χ4n) is 5.16. The highest BCUT2D eigenvalue weighted by molar-refractivity contribution is 5.00. The van der Waals surface area contributed by atoms with Gasteiger partial charge in [-0.3, -0.25) is 4.90 Å². The molecule has 0 aromatic heterocycles. The van der Waals surface area contributed by atoms with Gasteiger partial charge in [0.25, 0.3) is 0 Å². The molecule has 4 aliphatic heterocycles. The van der Waals surface area contributed by atoms with E-state index in [-0.39, 0.29) is 0 Å². The molecular formula is C17H33N5. The first kappa shape index (κ1) is 15.3. The van der Waals surface area contributed by atoms with Crippen LogP contribution in [-0.2, 0) is 0 Å². The molecule has 4 saturated heterocycles. The average molecular weight is 307 g/mol. The van der Waals surface area contributed by atoms with Crippen molar-refractivity contribution >= 4 is 0 Å². The Morgan fingerprint density at radius 1 is 0.909 bits per heavy atom. The number of nitrogens with zero attached hydrogens (tertiary/aromatic N) is 2. The number of rotatable bonds is 3.